The van der Waals surface area contributed by atoms with E-state index >= 15 is 0 Å². The van der Waals surface area contributed by atoms with Gasteiger partial charge in [-0.2, -0.15) is 0 Å². The van der Waals surface area contributed by atoms with Gasteiger partial charge in [-0.1, -0.05) is 20.8 Å². The summed E-state index contributed by atoms with van der Waals surface area (Å²) < 4.78 is 7.81. The molecule has 0 amide bonds. The van der Waals surface area contributed by atoms with Crippen molar-refractivity contribution >= 4 is 0 Å². The maximum Gasteiger partial charge on any atom is 0.0951 e. The van der Waals surface area contributed by atoms with E-state index in [1.165, 1.54) is 5.69 Å². The van der Waals surface area contributed by atoms with Crippen molar-refractivity contribution in [1.29, 1.82) is 0 Å². The third-order valence-electron chi connectivity index (χ3n) is 4.05. The Hall–Kier alpha value is -0.870. The van der Waals surface area contributed by atoms with E-state index in [1.807, 2.05) is 12.5 Å². The molecule has 0 aromatic carbocycles. The first-order valence-corrected chi connectivity index (χ1v) is 6.35. The van der Waals surface area contributed by atoms with Crippen molar-refractivity contribution in [1.82, 2.24) is 14.9 Å². The van der Waals surface area contributed by atoms with Crippen LogP contribution < -0.4 is 5.32 Å². The maximum atomic E-state index is 5.50. The lowest BCUT2D eigenvalue weighted by atomic mass is 9.64. The van der Waals surface area contributed by atoms with E-state index in [0.29, 0.717) is 12.1 Å². The van der Waals surface area contributed by atoms with Crippen LogP contribution in [0.4, 0.5) is 0 Å². The fraction of sp³-hybridized carbons (Fsp3) is 0.769. The molecule has 1 aromatic rings. The number of ether oxygens (including phenoxy) is 1. The van der Waals surface area contributed by atoms with E-state index in [2.05, 4.69) is 35.6 Å². The first-order valence-electron chi connectivity index (χ1n) is 6.35. The molecule has 1 N–H and O–H groups in total. The highest BCUT2D eigenvalue weighted by Gasteiger charge is 2.49. The molecule has 17 heavy (non-hydrogen) atoms. The summed E-state index contributed by atoms with van der Waals surface area (Å²) in [7, 11) is 1.80. The minimum atomic E-state index is 0.191. The van der Waals surface area contributed by atoms with E-state index in [-0.39, 0.29) is 5.41 Å². The number of hydrogen-bond donors (Lipinski definition) is 1. The highest BCUT2D eigenvalue weighted by molar-refractivity contribution is 5.09. The van der Waals surface area contributed by atoms with Crippen molar-refractivity contribution in [2.24, 2.45) is 5.41 Å². The molecular weight excluding hydrogens is 214 g/mol. The van der Waals surface area contributed by atoms with Crippen molar-refractivity contribution < 1.29 is 4.74 Å². The molecule has 2 atom stereocenters. The lowest BCUT2D eigenvalue weighted by Gasteiger charge is -2.51. The zero-order valence-electron chi connectivity index (χ0n) is 11.2. The first-order chi connectivity index (χ1) is 8.11. The predicted octanol–water partition coefficient (Wildman–Crippen LogP) is 1.98. The summed E-state index contributed by atoms with van der Waals surface area (Å²) in [5, 5.41) is 3.35. The number of imidazole rings is 1. The molecule has 1 aromatic heterocycles. The van der Waals surface area contributed by atoms with Crippen LogP contribution in [0.3, 0.4) is 0 Å². The summed E-state index contributed by atoms with van der Waals surface area (Å²) in [5.41, 5.74) is 1.45. The monoisotopic (exact) mass is 237 g/mol. The van der Waals surface area contributed by atoms with Crippen LogP contribution in [0.1, 0.15) is 38.9 Å². The lowest BCUT2D eigenvalue weighted by molar-refractivity contribution is -0.113. The van der Waals surface area contributed by atoms with Crippen LogP contribution in [0.5, 0.6) is 0 Å². The summed E-state index contributed by atoms with van der Waals surface area (Å²) in [6.07, 6.45) is 5.35. The van der Waals surface area contributed by atoms with E-state index in [4.69, 9.17) is 4.74 Å². The van der Waals surface area contributed by atoms with Crippen molar-refractivity contribution in [3.05, 3.63) is 18.2 Å². The predicted molar refractivity (Wildman–Crippen MR) is 67.8 cm³/mol. The Balaban J connectivity index is 2.11. The number of nitrogens with zero attached hydrogens (tertiary/aromatic N) is 2. The van der Waals surface area contributed by atoms with Crippen molar-refractivity contribution in [3.63, 3.8) is 0 Å². The van der Waals surface area contributed by atoms with E-state index < -0.39 is 0 Å². The Labute approximate surface area is 103 Å². The van der Waals surface area contributed by atoms with Crippen LogP contribution in [-0.2, 0) is 11.3 Å². The van der Waals surface area contributed by atoms with Crippen molar-refractivity contribution in [3.8, 4) is 0 Å². The number of nitrogens with one attached hydrogen (secondary N) is 1. The van der Waals surface area contributed by atoms with Crippen LogP contribution in [0.2, 0.25) is 0 Å². The maximum absolute atomic E-state index is 5.50. The van der Waals surface area contributed by atoms with Gasteiger partial charge in [-0.25, -0.2) is 4.98 Å². The molecule has 1 aliphatic carbocycles. The number of hydrogen-bond acceptors (Lipinski definition) is 3. The standard InChI is InChI=1S/C13H23N3O/c1-5-14-7-10-8-15-9-16(10)11-6-12(17-4)13(11,2)3/h8-9,11-12,14H,5-7H2,1-4H3. The van der Waals surface area contributed by atoms with E-state index in [1.54, 1.807) is 7.11 Å². The fourth-order valence-electron chi connectivity index (χ4n) is 2.74. The normalized spacial score (nSPS) is 26.8. The van der Waals surface area contributed by atoms with Gasteiger partial charge in [0.15, 0.2) is 0 Å². The highest BCUT2D eigenvalue weighted by atomic mass is 16.5. The quantitative estimate of drug-likeness (QED) is 0.851. The molecule has 0 bridgehead atoms. The highest BCUT2D eigenvalue weighted by Crippen LogP contribution is 2.51. The summed E-state index contributed by atoms with van der Waals surface area (Å²) >= 11 is 0. The molecule has 1 fully saturated rings. The Morgan fingerprint density at radius 1 is 1.59 bits per heavy atom. The summed E-state index contributed by atoms with van der Waals surface area (Å²) in [5.74, 6) is 0. The topological polar surface area (TPSA) is 39.1 Å². The van der Waals surface area contributed by atoms with Gasteiger partial charge >= 0.3 is 0 Å². The molecular formula is C13H23N3O. The number of rotatable bonds is 5. The first kappa shape index (κ1) is 12.6. The molecule has 4 heteroatoms. The minimum Gasteiger partial charge on any atom is -0.381 e. The van der Waals surface area contributed by atoms with Gasteiger partial charge < -0.3 is 14.6 Å². The third-order valence-corrected chi connectivity index (χ3v) is 4.05. The summed E-state index contributed by atoms with van der Waals surface area (Å²) in [6, 6.07) is 0.503. The van der Waals surface area contributed by atoms with Gasteiger partial charge in [-0.15, -0.1) is 0 Å². The van der Waals surface area contributed by atoms with E-state index in [0.717, 1.165) is 19.5 Å². The smallest absolute Gasteiger partial charge is 0.0951 e. The largest absolute Gasteiger partial charge is 0.381 e. The summed E-state index contributed by atoms with van der Waals surface area (Å²) in [6.45, 7) is 8.54. The van der Waals surface area contributed by atoms with Crippen molar-refractivity contribution in [2.45, 2.75) is 45.9 Å². The summed E-state index contributed by atoms with van der Waals surface area (Å²) in [4.78, 5) is 4.28. The Bertz CT molecular complexity index is 372. The number of aromatic nitrogens is 2. The molecule has 2 unspecified atom stereocenters. The van der Waals surface area contributed by atoms with Crippen LogP contribution in [0.15, 0.2) is 12.5 Å². The molecule has 4 nitrogen and oxygen atoms in total. The second-order valence-electron chi connectivity index (χ2n) is 5.37. The average molecular weight is 237 g/mol. The molecule has 1 saturated carbocycles. The molecule has 0 spiro atoms. The van der Waals surface area contributed by atoms with Gasteiger partial charge in [0.25, 0.3) is 0 Å². The van der Waals surface area contributed by atoms with Gasteiger partial charge in [-0.05, 0) is 13.0 Å². The number of methoxy groups -OCH3 is 1. The Kier molecular flexibility index (Phi) is 3.54. The molecule has 1 heterocycles. The second-order valence-corrected chi connectivity index (χ2v) is 5.37. The van der Waals surface area contributed by atoms with Crippen molar-refractivity contribution in [2.75, 3.05) is 13.7 Å². The molecule has 96 valence electrons. The Morgan fingerprint density at radius 3 is 2.94 bits per heavy atom. The third kappa shape index (κ3) is 2.11. The average Bonchev–Trinajstić information content (AvgIpc) is 2.73. The molecule has 1 aliphatic rings. The Morgan fingerprint density at radius 2 is 2.35 bits per heavy atom. The second kappa shape index (κ2) is 4.78. The molecule has 0 saturated heterocycles. The van der Waals surface area contributed by atoms with Gasteiger partial charge in [0.1, 0.15) is 0 Å². The fourth-order valence-corrected chi connectivity index (χ4v) is 2.74. The van der Waals surface area contributed by atoms with E-state index in [9.17, 15) is 0 Å². The molecule has 0 aliphatic heterocycles. The zero-order chi connectivity index (χ0) is 12.5. The van der Waals surface area contributed by atoms with Crippen LogP contribution in [0, 0.1) is 5.41 Å². The minimum absolute atomic E-state index is 0.191. The lowest BCUT2D eigenvalue weighted by Crippen LogP contribution is -2.51. The SMILES string of the molecule is CCNCc1cncn1C1CC(OC)C1(C)C. The molecule has 2 rings (SSSR count). The zero-order valence-corrected chi connectivity index (χ0v) is 11.2. The van der Waals surface area contributed by atoms with Crippen LogP contribution >= 0.6 is 0 Å². The van der Waals surface area contributed by atoms with Gasteiger partial charge in [0.05, 0.1) is 18.1 Å². The van der Waals surface area contributed by atoms with Crippen LogP contribution in [-0.4, -0.2) is 29.3 Å². The van der Waals surface area contributed by atoms with Gasteiger partial charge in [0, 0.05) is 31.3 Å². The van der Waals surface area contributed by atoms with Crippen LogP contribution in [0.25, 0.3) is 0 Å². The molecule has 0 radical (unpaired) electrons. The van der Waals surface area contributed by atoms with Gasteiger partial charge in [-0.3, -0.25) is 0 Å². The van der Waals surface area contributed by atoms with Gasteiger partial charge in [0.2, 0.25) is 0 Å².